The first kappa shape index (κ1) is 14.9. The van der Waals surface area contributed by atoms with E-state index >= 15 is 0 Å². The predicted octanol–water partition coefficient (Wildman–Crippen LogP) is 3.94. The van der Waals surface area contributed by atoms with Crippen LogP contribution in [0.2, 0.25) is 0 Å². The first-order chi connectivity index (χ1) is 11.7. The molecule has 0 spiro atoms. The summed E-state index contributed by atoms with van der Waals surface area (Å²) >= 11 is 0. The average molecular weight is 322 g/mol. The molecule has 122 valence electrons. The molecule has 1 aliphatic heterocycles. The van der Waals surface area contributed by atoms with Crippen molar-refractivity contribution in [1.82, 2.24) is 0 Å². The Balaban J connectivity index is 1.78. The van der Waals surface area contributed by atoms with Gasteiger partial charge in [0.25, 0.3) is 0 Å². The second-order valence-electron chi connectivity index (χ2n) is 6.16. The zero-order valence-corrected chi connectivity index (χ0v) is 13.6. The molecule has 0 atom stereocenters. The van der Waals surface area contributed by atoms with Gasteiger partial charge in [-0.2, -0.15) is 0 Å². The first-order valence-corrected chi connectivity index (χ1v) is 8.30. The van der Waals surface area contributed by atoms with Gasteiger partial charge in [0.2, 0.25) is 0 Å². The van der Waals surface area contributed by atoms with Crippen LogP contribution in [0.3, 0.4) is 0 Å². The zero-order chi connectivity index (χ0) is 16.7. The number of hydrogen-bond acceptors (Lipinski definition) is 4. The fraction of sp³-hybridized carbons (Fsp3) is 0.300. The molecule has 2 aliphatic rings. The van der Waals surface area contributed by atoms with Crippen LogP contribution in [-0.2, 0) is 17.8 Å². The van der Waals surface area contributed by atoms with Crippen LogP contribution in [0.1, 0.15) is 51.6 Å². The highest BCUT2D eigenvalue weighted by molar-refractivity contribution is 6.00. The van der Waals surface area contributed by atoms with Crippen LogP contribution in [0.15, 0.2) is 30.3 Å². The molecular formula is C20H18O4. The minimum absolute atomic E-state index is 0.200. The number of ketones is 1. The highest BCUT2D eigenvalue weighted by Gasteiger charge is 2.25. The Morgan fingerprint density at radius 2 is 1.96 bits per heavy atom. The summed E-state index contributed by atoms with van der Waals surface area (Å²) in [4.78, 5) is 24.0. The molecule has 0 saturated heterocycles. The molecule has 0 fully saturated rings. The van der Waals surface area contributed by atoms with E-state index in [-0.39, 0.29) is 11.8 Å². The summed E-state index contributed by atoms with van der Waals surface area (Å²) in [5.74, 6) is 0.633. The lowest BCUT2D eigenvalue weighted by molar-refractivity contribution is 0.0526. The number of hydrogen-bond donors (Lipinski definition) is 0. The first-order valence-electron chi connectivity index (χ1n) is 8.30. The molecule has 0 bridgehead atoms. The Hall–Kier alpha value is -2.62. The van der Waals surface area contributed by atoms with Crippen molar-refractivity contribution >= 4 is 11.8 Å². The summed E-state index contributed by atoms with van der Waals surface area (Å²) in [6.07, 6.45) is 2.44. The number of esters is 1. The summed E-state index contributed by atoms with van der Waals surface area (Å²) in [5, 5.41) is 0. The van der Waals surface area contributed by atoms with Crippen molar-refractivity contribution in [3.05, 3.63) is 52.6 Å². The molecule has 4 heteroatoms. The van der Waals surface area contributed by atoms with Crippen LogP contribution in [-0.4, -0.2) is 18.4 Å². The standard InChI is InChI=1S/C20H18O4/c1-2-23-20(22)13-6-7-15-14(8-13)11-24-19-10-16-12(9-17(15)19)4-3-5-18(16)21/h6-10H,2-5,11H2,1H3. The van der Waals surface area contributed by atoms with Gasteiger partial charge in [0.15, 0.2) is 5.78 Å². The van der Waals surface area contributed by atoms with Crippen LogP contribution in [0.4, 0.5) is 0 Å². The molecule has 4 nitrogen and oxygen atoms in total. The van der Waals surface area contributed by atoms with E-state index in [1.165, 1.54) is 0 Å². The fourth-order valence-corrected chi connectivity index (χ4v) is 3.47. The number of carbonyl (C=O) groups excluding carboxylic acids is 2. The maximum atomic E-state index is 12.1. The van der Waals surface area contributed by atoms with E-state index in [0.29, 0.717) is 25.2 Å². The van der Waals surface area contributed by atoms with Crippen molar-refractivity contribution in [3.8, 4) is 16.9 Å². The Labute approximate surface area is 140 Å². The van der Waals surface area contributed by atoms with E-state index in [1.54, 1.807) is 13.0 Å². The summed E-state index contributed by atoms with van der Waals surface area (Å²) in [6.45, 7) is 2.54. The Morgan fingerprint density at radius 1 is 1.08 bits per heavy atom. The van der Waals surface area contributed by atoms with E-state index in [9.17, 15) is 9.59 Å². The van der Waals surface area contributed by atoms with Gasteiger partial charge < -0.3 is 9.47 Å². The van der Waals surface area contributed by atoms with Gasteiger partial charge in [0, 0.05) is 17.5 Å². The van der Waals surface area contributed by atoms with Crippen LogP contribution in [0.5, 0.6) is 5.75 Å². The number of ether oxygens (including phenoxy) is 2. The molecule has 0 radical (unpaired) electrons. The molecule has 2 aromatic carbocycles. The normalized spacial score (nSPS) is 15.0. The summed E-state index contributed by atoms with van der Waals surface area (Å²) in [5.41, 5.74) is 5.46. The third-order valence-corrected chi connectivity index (χ3v) is 4.65. The highest BCUT2D eigenvalue weighted by atomic mass is 16.5. The lowest BCUT2D eigenvalue weighted by atomic mass is 9.86. The van der Waals surface area contributed by atoms with E-state index in [1.807, 2.05) is 18.2 Å². The maximum Gasteiger partial charge on any atom is 0.338 e. The van der Waals surface area contributed by atoms with E-state index in [0.717, 1.165) is 46.4 Å². The summed E-state index contributed by atoms with van der Waals surface area (Å²) < 4.78 is 10.9. The minimum Gasteiger partial charge on any atom is -0.488 e. The van der Waals surface area contributed by atoms with Gasteiger partial charge in [0.1, 0.15) is 12.4 Å². The second-order valence-corrected chi connectivity index (χ2v) is 6.16. The van der Waals surface area contributed by atoms with Crippen molar-refractivity contribution in [1.29, 1.82) is 0 Å². The lowest BCUT2D eigenvalue weighted by Crippen LogP contribution is -2.14. The molecule has 1 heterocycles. The molecule has 0 N–H and O–H groups in total. The van der Waals surface area contributed by atoms with Crippen molar-refractivity contribution in [2.45, 2.75) is 32.8 Å². The van der Waals surface area contributed by atoms with Gasteiger partial charge >= 0.3 is 5.97 Å². The van der Waals surface area contributed by atoms with Gasteiger partial charge in [-0.05, 0) is 60.7 Å². The Bertz CT molecular complexity index is 851. The molecule has 1 aliphatic carbocycles. The summed E-state index contributed by atoms with van der Waals surface area (Å²) in [7, 11) is 0. The van der Waals surface area contributed by atoms with Gasteiger partial charge in [0.05, 0.1) is 12.2 Å². The molecule has 0 unspecified atom stereocenters. The maximum absolute atomic E-state index is 12.1. The van der Waals surface area contributed by atoms with Crippen molar-refractivity contribution in [3.63, 3.8) is 0 Å². The number of carbonyl (C=O) groups is 2. The molecule has 2 aromatic rings. The van der Waals surface area contributed by atoms with Crippen LogP contribution >= 0.6 is 0 Å². The van der Waals surface area contributed by atoms with E-state index < -0.39 is 0 Å². The van der Waals surface area contributed by atoms with Gasteiger partial charge in [-0.1, -0.05) is 6.07 Å². The Kier molecular flexibility index (Phi) is 3.60. The number of aryl methyl sites for hydroxylation is 1. The molecule has 0 saturated carbocycles. The third kappa shape index (κ3) is 2.39. The van der Waals surface area contributed by atoms with E-state index in [4.69, 9.17) is 9.47 Å². The van der Waals surface area contributed by atoms with Crippen molar-refractivity contribution in [2.75, 3.05) is 6.61 Å². The monoisotopic (exact) mass is 322 g/mol. The molecule has 4 rings (SSSR count). The van der Waals surface area contributed by atoms with Crippen molar-refractivity contribution in [2.24, 2.45) is 0 Å². The quantitative estimate of drug-likeness (QED) is 0.786. The molecular weight excluding hydrogens is 304 g/mol. The number of rotatable bonds is 2. The van der Waals surface area contributed by atoms with Gasteiger partial charge in [-0.15, -0.1) is 0 Å². The topological polar surface area (TPSA) is 52.6 Å². The minimum atomic E-state index is -0.317. The van der Waals surface area contributed by atoms with Crippen LogP contribution in [0.25, 0.3) is 11.1 Å². The zero-order valence-electron chi connectivity index (χ0n) is 13.6. The number of fused-ring (bicyclic) bond motifs is 4. The van der Waals surface area contributed by atoms with Gasteiger partial charge in [-0.25, -0.2) is 4.79 Å². The van der Waals surface area contributed by atoms with Crippen molar-refractivity contribution < 1.29 is 19.1 Å². The van der Waals surface area contributed by atoms with Crippen LogP contribution < -0.4 is 4.74 Å². The second kappa shape index (κ2) is 5.78. The molecule has 24 heavy (non-hydrogen) atoms. The van der Waals surface area contributed by atoms with Crippen LogP contribution in [0, 0.1) is 0 Å². The third-order valence-electron chi connectivity index (χ3n) is 4.65. The predicted molar refractivity (Wildman–Crippen MR) is 89.4 cm³/mol. The fourth-order valence-electron chi connectivity index (χ4n) is 3.47. The largest absolute Gasteiger partial charge is 0.488 e. The number of benzene rings is 2. The number of Topliss-reactive ketones (excluding diaryl/α,β-unsaturated/α-hetero) is 1. The lowest BCUT2D eigenvalue weighted by Gasteiger charge is -2.24. The highest BCUT2D eigenvalue weighted by Crippen LogP contribution is 2.41. The molecule has 0 aromatic heterocycles. The SMILES string of the molecule is CCOC(=O)c1ccc2c(c1)COc1cc3c(cc1-2)CCCC3=O. The summed E-state index contributed by atoms with van der Waals surface area (Å²) in [6, 6.07) is 9.52. The molecule has 0 amide bonds. The van der Waals surface area contributed by atoms with Gasteiger partial charge in [-0.3, -0.25) is 4.79 Å². The average Bonchev–Trinajstić information content (AvgIpc) is 2.60. The smallest absolute Gasteiger partial charge is 0.338 e. The Morgan fingerprint density at radius 3 is 2.79 bits per heavy atom. The van der Waals surface area contributed by atoms with E-state index in [2.05, 4.69) is 6.07 Å².